The number of thiol groups is 1. The van der Waals surface area contributed by atoms with Gasteiger partial charge in [-0.15, -0.1) is 0 Å². The highest BCUT2D eigenvalue weighted by atomic mass is 32.1. The highest BCUT2D eigenvalue weighted by molar-refractivity contribution is 7.80. The lowest BCUT2D eigenvalue weighted by Crippen LogP contribution is -2.08. The minimum atomic E-state index is 0.0787. The van der Waals surface area contributed by atoms with Crippen LogP contribution in [-0.4, -0.2) is 5.37 Å². The molecule has 32 valence electrons. The zero-order chi connectivity index (χ0) is 4.28. The standard InChI is InChI=1S/C3H9NS/c1-2-3(4)5/h3,5H,2,4H2,1H3. The molecule has 0 aromatic carbocycles. The maximum atomic E-state index is 5.16. The molecule has 0 aliphatic rings. The lowest BCUT2D eigenvalue weighted by molar-refractivity contribution is 0.876. The fraction of sp³-hybridized carbons (Fsp3) is 1.00. The van der Waals surface area contributed by atoms with Gasteiger partial charge in [-0.05, 0) is 6.42 Å². The molecule has 1 nitrogen and oxygen atoms in total. The van der Waals surface area contributed by atoms with Crippen LogP contribution in [0, 0.1) is 0 Å². The Morgan fingerprint density at radius 2 is 2.20 bits per heavy atom. The van der Waals surface area contributed by atoms with Gasteiger partial charge in [-0.1, -0.05) is 6.92 Å². The van der Waals surface area contributed by atoms with E-state index in [9.17, 15) is 0 Å². The van der Waals surface area contributed by atoms with E-state index in [-0.39, 0.29) is 5.37 Å². The quantitative estimate of drug-likeness (QED) is 0.359. The van der Waals surface area contributed by atoms with Crippen molar-refractivity contribution in [2.75, 3.05) is 0 Å². The SMILES string of the molecule is CCC(N)S. The molecule has 0 fully saturated rings. The summed E-state index contributed by atoms with van der Waals surface area (Å²) < 4.78 is 0. The summed E-state index contributed by atoms with van der Waals surface area (Å²) in [7, 11) is 0. The number of rotatable bonds is 1. The number of nitrogens with two attached hydrogens (primary N) is 1. The summed E-state index contributed by atoms with van der Waals surface area (Å²) in [5.74, 6) is 0. The zero-order valence-electron chi connectivity index (χ0n) is 3.31. The molecule has 0 aromatic heterocycles. The molecule has 0 aromatic rings. The van der Waals surface area contributed by atoms with Crippen LogP contribution >= 0.6 is 12.6 Å². The van der Waals surface area contributed by atoms with Gasteiger partial charge in [0.25, 0.3) is 0 Å². The van der Waals surface area contributed by atoms with Crippen LogP contribution in [-0.2, 0) is 0 Å². The monoisotopic (exact) mass is 91.0 g/mol. The predicted molar refractivity (Wildman–Crippen MR) is 27.3 cm³/mol. The molecule has 0 amide bonds. The first-order valence-electron chi connectivity index (χ1n) is 1.71. The van der Waals surface area contributed by atoms with Crippen LogP contribution < -0.4 is 5.73 Å². The van der Waals surface area contributed by atoms with Gasteiger partial charge in [-0.25, -0.2) is 0 Å². The molecule has 0 bridgehead atoms. The van der Waals surface area contributed by atoms with Gasteiger partial charge >= 0.3 is 0 Å². The Labute approximate surface area is 38.0 Å². The summed E-state index contributed by atoms with van der Waals surface area (Å²) in [5, 5.41) is 0.0787. The molecule has 0 aliphatic carbocycles. The van der Waals surface area contributed by atoms with Crippen LogP contribution in [0.25, 0.3) is 0 Å². The van der Waals surface area contributed by atoms with Crippen molar-refractivity contribution in [3.05, 3.63) is 0 Å². The van der Waals surface area contributed by atoms with Crippen molar-refractivity contribution >= 4 is 12.6 Å². The molecule has 0 rings (SSSR count). The van der Waals surface area contributed by atoms with Gasteiger partial charge in [0.2, 0.25) is 0 Å². The van der Waals surface area contributed by atoms with Crippen molar-refractivity contribution in [3.8, 4) is 0 Å². The minimum absolute atomic E-state index is 0.0787. The third-order valence-corrected chi connectivity index (χ3v) is 0.783. The Morgan fingerprint density at radius 1 is 2.00 bits per heavy atom. The molecule has 5 heavy (non-hydrogen) atoms. The Hall–Kier alpha value is 0.310. The molecule has 2 N–H and O–H groups in total. The third-order valence-electron chi connectivity index (χ3n) is 0.418. The van der Waals surface area contributed by atoms with Crippen molar-refractivity contribution in [3.63, 3.8) is 0 Å². The van der Waals surface area contributed by atoms with Gasteiger partial charge < -0.3 is 5.73 Å². The molecule has 0 heterocycles. The summed E-state index contributed by atoms with van der Waals surface area (Å²) >= 11 is 3.88. The molecule has 2 heteroatoms. The van der Waals surface area contributed by atoms with Crippen LogP contribution in [0.15, 0.2) is 0 Å². The van der Waals surface area contributed by atoms with Gasteiger partial charge in [-0.2, -0.15) is 12.6 Å². The van der Waals surface area contributed by atoms with Crippen LogP contribution in [0.3, 0.4) is 0 Å². The molecule has 0 radical (unpaired) electrons. The molecule has 0 aliphatic heterocycles. The van der Waals surface area contributed by atoms with E-state index in [0.29, 0.717) is 0 Å². The van der Waals surface area contributed by atoms with Crippen molar-refractivity contribution < 1.29 is 0 Å². The Morgan fingerprint density at radius 3 is 2.20 bits per heavy atom. The van der Waals surface area contributed by atoms with Crippen molar-refractivity contribution in [2.45, 2.75) is 18.7 Å². The van der Waals surface area contributed by atoms with Crippen LogP contribution in [0.4, 0.5) is 0 Å². The van der Waals surface area contributed by atoms with Gasteiger partial charge in [-0.3, -0.25) is 0 Å². The number of hydrogen-bond donors (Lipinski definition) is 2. The van der Waals surface area contributed by atoms with Gasteiger partial charge in [0, 0.05) is 5.37 Å². The van der Waals surface area contributed by atoms with E-state index >= 15 is 0 Å². The highest BCUT2D eigenvalue weighted by Crippen LogP contribution is 1.86. The van der Waals surface area contributed by atoms with Gasteiger partial charge in [0.15, 0.2) is 0 Å². The second kappa shape index (κ2) is 2.54. The van der Waals surface area contributed by atoms with Gasteiger partial charge in [0.1, 0.15) is 0 Å². The van der Waals surface area contributed by atoms with E-state index < -0.39 is 0 Å². The fourth-order valence-corrected chi connectivity index (χ4v) is 0. The van der Waals surface area contributed by atoms with E-state index in [1.807, 2.05) is 6.92 Å². The first-order valence-corrected chi connectivity index (χ1v) is 2.22. The first-order chi connectivity index (χ1) is 2.27. The van der Waals surface area contributed by atoms with Crippen molar-refractivity contribution in [1.82, 2.24) is 0 Å². The zero-order valence-corrected chi connectivity index (χ0v) is 4.20. The van der Waals surface area contributed by atoms with Crippen LogP contribution in [0.2, 0.25) is 0 Å². The largest absolute Gasteiger partial charge is 0.320 e. The molecule has 0 saturated heterocycles. The van der Waals surface area contributed by atoms with Gasteiger partial charge in [0.05, 0.1) is 0 Å². The molecule has 0 spiro atoms. The lowest BCUT2D eigenvalue weighted by Gasteiger charge is -1.91. The highest BCUT2D eigenvalue weighted by Gasteiger charge is 1.80. The summed E-state index contributed by atoms with van der Waals surface area (Å²) in [6, 6.07) is 0. The second-order valence-corrected chi connectivity index (χ2v) is 1.64. The van der Waals surface area contributed by atoms with E-state index in [1.165, 1.54) is 0 Å². The van der Waals surface area contributed by atoms with Crippen molar-refractivity contribution in [1.29, 1.82) is 0 Å². The lowest BCUT2D eigenvalue weighted by atomic mass is 10.5. The topological polar surface area (TPSA) is 26.0 Å². The Bertz CT molecular complexity index is 20.9. The number of hydrogen-bond acceptors (Lipinski definition) is 2. The summed E-state index contributed by atoms with van der Waals surface area (Å²) in [6.07, 6.45) is 0.948. The smallest absolute Gasteiger partial charge is 0.0474 e. The minimum Gasteiger partial charge on any atom is -0.320 e. The molecule has 0 saturated carbocycles. The maximum absolute atomic E-state index is 5.16. The first kappa shape index (κ1) is 5.31. The van der Waals surface area contributed by atoms with E-state index in [4.69, 9.17) is 5.73 Å². The third kappa shape index (κ3) is 4.31. The summed E-state index contributed by atoms with van der Waals surface area (Å²) in [6.45, 7) is 2.00. The normalized spacial score (nSPS) is 15.0. The van der Waals surface area contributed by atoms with Crippen molar-refractivity contribution in [2.24, 2.45) is 5.73 Å². The Kier molecular flexibility index (Phi) is 2.70. The predicted octanol–water partition coefficient (Wildman–Crippen LogP) is 0.611. The van der Waals surface area contributed by atoms with E-state index in [0.717, 1.165) is 6.42 Å². The van der Waals surface area contributed by atoms with E-state index in [2.05, 4.69) is 12.6 Å². The average molecular weight is 91.2 g/mol. The molecule has 1 unspecified atom stereocenters. The Balaban J connectivity index is 2.54. The van der Waals surface area contributed by atoms with Crippen LogP contribution in [0.1, 0.15) is 13.3 Å². The fourth-order valence-electron chi connectivity index (χ4n) is 0. The molecular formula is C3H9NS. The molecular weight excluding hydrogens is 82.1 g/mol. The molecule has 1 atom stereocenters. The average Bonchev–Trinajstić information content (AvgIpc) is 1.38. The van der Waals surface area contributed by atoms with Crippen LogP contribution in [0.5, 0.6) is 0 Å². The maximum Gasteiger partial charge on any atom is 0.0474 e. The summed E-state index contributed by atoms with van der Waals surface area (Å²) in [5.41, 5.74) is 5.16. The summed E-state index contributed by atoms with van der Waals surface area (Å²) in [4.78, 5) is 0. The second-order valence-electron chi connectivity index (χ2n) is 0.976. The van der Waals surface area contributed by atoms with E-state index in [1.54, 1.807) is 0 Å².